The van der Waals surface area contributed by atoms with Crippen LogP contribution in [0.3, 0.4) is 0 Å². The highest BCUT2D eigenvalue weighted by Gasteiger charge is 2.20. The lowest BCUT2D eigenvalue weighted by molar-refractivity contribution is -0.120. The molecule has 5 nitrogen and oxygen atoms in total. The number of carbonyl (C=O) groups excluding carboxylic acids is 2. The standard InChI is InChI=1S/C18H20N2O3S/c1-13(18(22)20-11-14-6-3-2-4-7-14)24(23)12-15-8-5-9-16(10-15)17(19)21/h2-10,13H,11-12H2,1H3,(H2,19,21)(H,20,22)/t13-,24-/m1/s1. The number of nitrogens with two attached hydrogens (primary N) is 1. The van der Waals surface area contributed by atoms with Crippen molar-refractivity contribution < 1.29 is 13.8 Å². The molecule has 2 aromatic carbocycles. The predicted octanol–water partition coefficient (Wildman–Crippen LogP) is 1.74. The van der Waals surface area contributed by atoms with Gasteiger partial charge in [0.05, 0.1) is 0 Å². The van der Waals surface area contributed by atoms with Gasteiger partial charge in [0.2, 0.25) is 11.8 Å². The second-order valence-corrected chi connectivity index (χ2v) is 7.19. The lowest BCUT2D eigenvalue weighted by Crippen LogP contribution is -2.35. The maximum Gasteiger partial charge on any atom is 0.248 e. The normalized spacial score (nSPS) is 13.0. The molecule has 0 aliphatic heterocycles. The van der Waals surface area contributed by atoms with Gasteiger partial charge in [0.1, 0.15) is 5.25 Å². The molecule has 126 valence electrons. The highest BCUT2D eigenvalue weighted by molar-refractivity contribution is 7.85. The molecule has 2 rings (SSSR count). The minimum atomic E-state index is -1.39. The molecule has 0 heterocycles. The van der Waals surface area contributed by atoms with E-state index in [-0.39, 0.29) is 11.7 Å². The van der Waals surface area contributed by atoms with Gasteiger partial charge in [-0.3, -0.25) is 13.8 Å². The SMILES string of the molecule is C[C@H](C(=O)NCc1ccccc1)[S@](=O)Cc1cccc(C(N)=O)c1. The molecule has 0 saturated carbocycles. The molecule has 6 heteroatoms. The highest BCUT2D eigenvalue weighted by Crippen LogP contribution is 2.10. The fraction of sp³-hybridized carbons (Fsp3) is 0.222. The number of primary amides is 1. The van der Waals surface area contributed by atoms with E-state index in [1.165, 1.54) is 0 Å². The zero-order valence-corrected chi connectivity index (χ0v) is 14.2. The second-order valence-electron chi connectivity index (χ2n) is 5.44. The fourth-order valence-electron chi connectivity index (χ4n) is 2.15. The van der Waals surface area contributed by atoms with Crippen LogP contribution in [0.15, 0.2) is 54.6 Å². The smallest absolute Gasteiger partial charge is 0.248 e. The van der Waals surface area contributed by atoms with Crippen LogP contribution in [0.4, 0.5) is 0 Å². The van der Waals surface area contributed by atoms with Crippen molar-refractivity contribution in [2.75, 3.05) is 0 Å². The number of hydrogen-bond acceptors (Lipinski definition) is 3. The van der Waals surface area contributed by atoms with Crippen molar-refractivity contribution in [1.82, 2.24) is 5.32 Å². The van der Waals surface area contributed by atoms with Crippen molar-refractivity contribution in [2.45, 2.75) is 24.5 Å². The molecule has 2 amide bonds. The van der Waals surface area contributed by atoms with Gasteiger partial charge in [-0.05, 0) is 30.2 Å². The lowest BCUT2D eigenvalue weighted by atomic mass is 10.1. The minimum Gasteiger partial charge on any atom is -0.366 e. The quantitative estimate of drug-likeness (QED) is 0.802. The summed E-state index contributed by atoms with van der Waals surface area (Å²) in [6.07, 6.45) is 0. The van der Waals surface area contributed by atoms with E-state index in [2.05, 4.69) is 5.32 Å². The first-order chi connectivity index (χ1) is 11.5. The van der Waals surface area contributed by atoms with Gasteiger partial charge in [-0.15, -0.1) is 0 Å². The number of nitrogens with one attached hydrogen (secondary N) is 1. The van der Waals surface area contributed by atoms with E-state index in [0.717, 1.165) is 5.56 Å². The molecule has 0 fully saturated rings. The first-order valence-corrected chi connectivity index (χ1v) is 8.93. The second kappa shape index (κ2) is 8.40. The van der Waals surface area contributed by atoms with Crippen molar-refractivity contribution in [2.24, 2.45) is 5.73 Å². The molecule has 0 unspecified atom stereocenters. The molecule has 0 aliphatic rings. The Hall–Kier alpha value is -2.47. The third-order valence-corrected chi connectivity index (χ3v) is 5.21. The van der Waals surface area contributed by atoms with Gasteiger partial charge in [-0.2, -0.15) is 0 Å². The maximum absolute atomic E-state index is 12.4. The van der Waals surface area contributed by atoms with Crippen LogP contribution in [-0.4, -0.2) is 21.3 Å². The Morgan fingerprint density at radius 3 is 2.42 bits per heavy atom. The molecular formula is C18H20N2O3S. The third kappa shape index (κ3) is 5.03. The summed E-state index contributed by atoms with van der Waals surface area (Å²) in [5.74, 6) is -0.597. The summed E-state index contributed by atoms with van der Waals surface area (Å²) in [6, 6.07) is 16.2. The largest absolute Gasteiger partial charge is 0.366 e. The average molecular weight is 344 g/mol. The Morgan fingerprint density at radius 1 is 1.08 bits per heavy atom. The van der Waals surface area contributed by atoms with Gasteiger partial charge in [0.25, 0.3) is 0 Å². The van der Waals surface area contributed by atoms with Gasteiger partial charge >= 0.3 is 0 Å². The zero-order chi connectivity index (χ0) is 17.5. The fourth-order valence-corrected chi connectivity index (χ4v) is 3.23. The Labute approximate surface area is 143 Å². The Morgan fingerprint density at radius 2 is 1.75 bits per heavy atom. The van der Waals surface area contributed by atoms with E-state index in [1.807, 2.05) is 30.3 Å². The molecular weight excluding hydrogens is 324 g/mol. The van der Waals surface area contributed by atoms with Crippen LogP contribution in [-0.2, 0) is 27.9 Å². The van der Waals surface area contributed by atoms with E-state index in [1.54, 1.807) is 31.2 Å². The van der Waals surface area contributed by atoms with Crippen molar-refractivity contribution in [3.8, 4) is 0 Å². The summed E-state index contributed by atoms with van der Waals surface area (Å²) in [7, 11) is -1.39. The van der Waals surface area contributed by atoms with Crippen LogP contribution in [0.2, 0.25) is 0 Å². The highest BCUT2D eigenvalue weighted by atomic mass is 32.2. The molecule has 3 N–H and O–H groups in total. The maximum atomic E-state index is 12.4. The van der Waals surface area contributed by atoms with Crippen molar-refractivity contribution in [1.29, 1.82) is 0 Å². The Bertz CT molecular complexity index is 747. The van der Waals surface area contributed by atoms with Gasteiger partial charge in [0, 0.05) is 28.7 Å². The van der Waals surface area contributed by atoms with Crippen LogP contribution >= 0.6 is 0 Å². The number of rotatable bonds is 7. The molecule has 0 saturated heterocycles. The molecule has 0 aliphatic carbocycles. The minimum absolute atomic E-state index is 0.195. The molecule has 0 spiro atoms. The first-order valence-electron chi connectivity index (χ1n) is 7.55. The topological polar surface area (TPSA) is 89.3 Å². The average Bonchev–Trinajstić information content (AvgIpc) is 2.60. The van der Waals surface area contributed by atoms with Crippen LogP contribution in [0.5, 0.6) is 0 Å². The number of benzene rings is 2. The van der Waals surface area contributed by atoms with Crippen molar-refractivity contribution in [3.63, 3.8) is 0 Å². The summed E-state index contributed by atoms with van der Waals surface area (Å²) in [6.45, 7) is 2.03. The molecule has 2 aromatic rings. The summed E-state index contributed by atoms with van der Waals surface area (Å²) >= 11 is 0. The summed E-state index contributed by atoms with van der Waals surface area (Å²) in [4.78, 5) is 23.3. The van der Waals surface area contributed by atoms with E-state index in [4.69, 9.17) is 5.73 Å². The summed E-state index contributed by atoms with van der Waals surface area (Å²) in [5, 5.41) is 2.14. The van der Waals surface area contributed by atoms with Crippen molar-refractivity contribution >= 4 is 22.6 Å². The molecule has 0 radical (unpaired) electrons. The van der Waals surface area contributed by atoms with E-state index in [0.29, 0.717) is 17.7 Å². The van der Waals surface area contributed by atoms with Crippen LogP contribution in [0.1, 0.15) is 28.4 Å². The van der Waals surface area contributed by atoms with Crippen LogP contribution in [0.25, 0.3) is 0 Å². The number of hydrogen-bond donors (Lipinski definition) is 2. The van der Waals surface area contributed by atoms with Gasteiger partial charge < -0.3 is 11.1 Å². The molecule has 0 bridgehead atoms. The number of carbonyl (C=O) groups is 2. The number of amides is 2. The van der Waals surface area contributed by atoms with E-state index in [9.17, 15) is 13.8 Å². The monoisotopic (exact) mass is 344 g/mol. The Balaban J connectivity index is 1.92. The van der Waals surface area contributed by atoms with Gasteiger partial charge in [-0.1, -0.05) is 42.5 Å². The van der Waals surface area contributed by atoms with E-state index >= 15 is 0 Å². The molecule has 24 heavy (non-hydrogen) atoms. The van der Waals surface area contributed by atoms with Gasteiger partial charge in [0.15, 0.2) is 0 Å². The summed E-state index contributed by atoms with van der Waals surface area (Å²) in [5.41, 5.74) is 7.30. The van der Waals surface area contributed by atoms with Crippen molar-refractivity contribution in [3.05, 3.63) is 71.3 Å². The first kappa shape index (κ1) is 17.9. The summed E-state index contributed by atoms with van der Waals surface area (Å²) < 4.78 is 12.4. The molecule has 0 aromatic heterocycles. The van der Waals surface area contributed by atoms with Crippen LogP contribution in [0, 0.1) is 0 Å². The van der Waals surface area contributed by atoms with Crippen LogP contribution < -0.4 is 11.1 Å². The molecule has 2 atom stereocenters. The third-order valence-electron chi connectivity index (χ3n) is 3.59. The Kier molecular flexibility index (Phi) is 6.26. The predicted molar refractivity (Wildman–Crippen MR) is 94.6 cm³/mol. The van der Waals surface area contributed by atoms with Gasteiger partial charge in [-0.25, -0.2) is 0 Å². The van der Waals surface area contributed by atoms with E-state index < -0.39 is 22.0 Å². The zero-order valence-electron chi connectivity index (χ0n) is 13.4. The lowest BCUT2D eigenvalue weighted by Gasteiger charge is -2.12.